The summed E-state index contributed by atoms with van der Waals surface area (Å²) in [5.41, 5.74) is 5.17. The Bertz CT molecular complexity index is 1580. The monoisotopic (exact) mass is 502 g/mol. The average molecular weight is 503 g/mol. The van der Waals surface area contributed by atoms with Gasteiger partial charge in [0.2, 0.25) is 0 Å². The first-order valence-electron chi connectivity index (χ1n) is 11.0. The van der Waals surface area contributed by atoms with Crippen molar-refractivity contribution in [3.05, 3.63) is 93.9 Å². The van der Waals surface area contributed by atoms with Crippen LogP contribution in [0.15, 0.2) is 66.9 Å². The lowest BCUT2D eigenvalue weighted by Gasteiger charge is -2.00. The zero-order valence-electron chi connectivity index (χ0n) is 18.7. The maximum atomic E-state index is 11.2. The van der Waals surface area contributed by atoms with Crippen molar-refractivity contribution in [1.82, 2.24) is 19.5 Å². The number of aryl methyl sites for hydroxylation is 1. The number of aromatic nitrogens is 4. The molecule has 0 radical (unpaired) electrons. The molecule has 0 saturated heterocycles. The second-order valence-corrected chi connectivity index (χ2v) is 8.82. The molecule has 0 aliphatic carbocycles. The van der Waals surface area contributed by atoms with Gasteiger partial charge in [0.25, 0.3) is 0 Å². The Kier molecular flexibility index (Phi) is 6.16. The molecule has 174 valence electrons. The molecule has 0 aliphatic rings. The summed E-state index contributed by atoms with van der Waals surface area (Å²) in [6.07, 6.45) is 5.96. The van der Waals surface area contributed by atoms with Crippen molar-refractivity contribution in [1.29, 1.82) is 0 Å². The number of aromatic carboxylic acids is 1. The van der Waals surface area contributed by atoms with Crippen LogP contribution < -0.4 is 0 Å². The summed E-state index contributed by atoms with van der Waals surface area (Å²) >= 11 is 12.4. The molecule has 6 nitrogen and oxygen atoms in total. The summed E-state index contributed by atoms with van der Waals surface area (Å²) in [6, 6.07) is 18.2. The van der Waals surface area contributed by atoms with Crippen LogP contribution in [0.25, 0.3) is 45.8 Å². The van der Waals surface area contributed by atoms with E-state index in [1.165, 1.54) is 0 Å². The number of rotatable bonds is 6. The first kappa shape index (κ1) is 22.9. The largest absolute Gasteiger partial charge is 0.478 e. The number of hydrogen-bond acceptors (Lipinski definition) is 3. The molecule has 0 spiro atoms. The lowest BCUT2D eigenvalue weighted by atomic mass is 10.1. The first-order valence-corrected chi connectivity index (χ1v) is 11.7. The summed E-state index contributed by atoms with van der Waals surface area (Å²) in [5.74, 6) is 0.541. The van der Waals surface area contributed by atoms with Crippen molar-refractivity contribution in [3.8, 4) is 22.6 Å². The van der Waals surface area contributed by atoms with Crippen LogP contribution >= 0.6 is 23.2 Å². The van der Waals surface area contributed by atoms with E-state index in [0.29, 0.717) is 21.4 Å². The molecule has 0 amide bonds. The number of carboxylic acid groups (broad SMARTS) is 1. The van der Waals surface area contributed by atoms with E-state index in [9.17, 15) is 9.90 Å². The van der Waals surface area contributed by atoms with Crippen LogP contribution in [-0.2, 0) is 6.54 Å². The van der Waals surface area contributed by atoms with Gasteiger partial charge < -0.3 is 14.7 Å². The van der Waals surface area contributed by atoms with Crippen LogP contribution in [0.2, 0.25) is 10.0 Å². The topological polar surface area (TPSA) is 83.8 Å². The number of benzene rings is 3. The Hall–Kier alpha value is -3.87. The maximum Gasteiger partial charge on any atom is 0.335 e. The van der Waals surface area contributed by atoms with E-state index in [-0.39, 0.29) is 5.56 Å². The van der Waals surface area contributed by atoms with E-state index in [1.807, 2.05) is 48.7 Å². The van der Waals surface area contributed by atoms with E-state index in [2.05, 4.69) is 21.5 Å². The third-order valence-corrected chi connectivity index (χ3v) is 6.24. The highest BCUT2D eigenvalue weighted by molar-refractivity contribution is 6.36. The van der Waals surface area contributed by atoms with Crippen LogP contribution in [0.5, 0.6) is 0 Å². The lowest BCUT2D eigenvalue weighted by Crippen LogP contribution is -1.94. The molecular weight excluding hydrogens is 483 g/mol. The number of halogens is 2. The van der Waals surface area contributed by atoms with E-state index in [0.717, 1.165) is 40.3 Å². The number of carboxylic acids is 1. The summed E-state index contributed by atoms with van der Waals surface area (Å²) in [5, 5.41) is 10.3. The number of nitrogens with one attached hydrogen (secondary N) is 1. The number of H-pyrrole nitrogens is 1. The van der Waals surface area contributed by atoms with Crippen molar-refractivity contribution in [2.45, 2.75) is 13.5 Å². The summed E-state index contributed by atoms with van der Waals surface area (Å²) < 4.78 is 2.06. The number of carbonyl (C=O) groups is 1. The predicted molar refractivity (Wildman–Crippen MR) is 141 cm³/mol. The van der Waals surface area contributed by atoms with Crippen molar-refractivity contribution >= 4 is 52.4 Å². The van der Waals surface area contributed by atoms with Gasteiger partial charge >= 0.3 is 5.97 Å². The number of aromatic amines is 1. The predicted octanol–water partition coefficient (Wildman–Crippen LogP) is 7.29. The number of hydrogen-bond donors (Lipinski definition) is 2. The molecule has 0 aliphatic heterocycles. The van der Waals surface area contributed by atoms with Gasteiger partial charge in [-0.25, -0.2) is 14.8 Å². The fourth-order valence-electron chi connectivity index (χ4n) is 3.85. The molecule has 0 unspecified atom stereocenters. The van der Waals surface area contributed by atoms with Crippen molar-refractivity contribution in [2.24, 2.45) is 0 Å². The standard InChI is InChI=1S/C27H20Cl2N4O2/c1-2-33-15-24(20-10-9-19(28)14-21(20)29)30-25(33)12-5-16-3-6-17(7-4-16)26-31-22-11-8-18(27(34)35)13-23(22)32-26/h3-15H,2H2,1H3,(H,31,32)(H,34,35). The lowest BCUT2D eigenvalue weighted by molar-refractivity contribution is 0.0697. The van der Waals surface area contributed by atoms with Gasteiger partial charge in [0.1, 0.15) is 11.6 Å². The van der Waals surface area contributed by atoms with Gasteiger partial charge in [-0.15, -0.1) is 0 Å². The molecule has 8 heteroatoms. The zero-order chi connectivity index (χ0) is 24.5. The minimum atomic E-state index is -0.966. The van der Waals surface area contributed by atoms with Crippen molar-refractivity contribution < 1.29 is 9.90 Å². The SMILES string of the molecule is CCn1cc(-c2ccc(Cl)cc2Cl)nc1C=Cc1ccc(-c2nc3ccc(C(=O)O)cc3[nH]2)cc1. The third-order valence-electron chi connectivity index (χ3n) is 5.69. The Morgan fingerprint density at radius 1 is 1.03 bits per heavy atom. The average Bonchev–Trinajstić information content (AvgIpc) is 3.46. The minimum absolute atomic E-state index is 0.222. The smallest absolute Gasteiger partial charge is 0.335 e. The Morgan fingerprint density at radius 2 is 1.83 bits per heavy atom. The number of nitrogens with zero attached hydrogens (tertiary/aromatic N) is 3. The summed E-state index contributed by atoms with van der Waals surface area (Å²) in [4.78, 5) is 23.7. The van der Waals surface area contributed by atoms with Crippen molar-refractivity contribution in [3.63, 3.8) is 0 Å². The van der Waals surface area contributed by atoms with Crippen LogP contribution in [-0.4, -0.2) is 30.6 Å². The number of imidazole rings is 2. The highest BCUT2D eigenvalue weighted by atomic mass is 35.5. The Morgan fingerprint density at radius 3 is 2.54 bits per heavy atom. The second-order valence-electron chi connectivity index (χ2n) is 7.97. The molecular formula is C27H20Cl2N4O2. The fraction of sp³-hybridized carbons (Fsp3) is 0.0741. The molecule has 5 rings (SSSR count). The summed E-state index contributed by atoms with van der Waals surface area (Å²) in [7, 11) is 0. The van der Waals surface area contributed by atoms with Crippen molar-refractivity contribution in [2.75, 3.05) is 0 Å². The molecule has 0 saturated carbocycles. The van der Waals surface area contributed by atoms with E-state index >= 15 is 0 Å². The van der Waals surface area contributed by atoms with Gasteiger partial charge in [0, 0.05) is 28.9 Å². The Balaban J connectivity index is 1.38. The van der Waals surface area contributed by atoms with Gasteiger partial charge in [-0.1, -0.05) is 53.5 Å². The normalized spacial score (nSPS) is 11.5. The van der Waals surface area contributed by atoms with Crippen LogP contribution in [0, 0.1) is 0 Å². The van der Waals surface area contributed by atoms with Crippen LogP contribution in [0.3, 0.4) is 0 Å². The summed E-state index contributed by atoms with van der Waals surface area (Å²) in [6.45, 7) is 2.83. The van der Waals surface area contributed by atoms with Crippen LogP contribution in [0.4, 0.5) is 0 Å². The van der Waals surface area contributed by atoms with Gasteiger partial charge in [-0.2, -0.15) is 0 Å². The molecule has 5 aromatic rings. The quantitative estimate of drug-likeness (QED) is 0.255. The highest BCUT2D eigenvalue weighted by Gasteiger charge is 2.11. The van der Waals surface area contributed by atoms with Gasteiger partial charge in [-0.3, -0.25) is 0 Å². The molecule has 0 fully saturated rings. The molecule has 2 heterocycles. The second kappa shape index (κ2) is 9.41. The molecule has 0 atom stereocenters. The van der Waals surface area contributed by atoms with E-state index in [4.69, 9.17) is 28.2 Å². The first-order chi connectivity index (χ1) is 16.9. The zero-order valence-corrected chi connectivity index (χ0v) is 20.2. The van der Waals surface area contributed by atoms with Gasteiger partial charge in [-0.05, 0) is 55.0 Å². The molecule has 35 heavy (non-hydrogen) atoms. The minimum Gasteiger partial charge on any atom is -0.478 e. The highest BCUT2D eigenvalue weighted by Crippen LogP contribution is 2.30. The molecule has 2 N–H and O–H groups in total. The number of fused-ring (bicyclic) bond motifs is 1. The molecule has 0 bridgehead atoms. The molecule has 2 aromatic heterocycles. The van der Waals surface area contributed by atoms with Gasteiger partial charge in [0.05, 0.1) is 27.3 Å². The van der Waals surface area contributed by atoms with Crippen LogP contribution in [0.1, 0.15) is 28.7 Å². The molecule has 3 aromatic carbocycles. The maximum absolute atomic E-state index is 11.2. The van der Waals surface area contributed by atoms with E-state index in [1.54, 1.807) is 30.3 Å². The van der Waals surface area contributed by atoms with Gasteiger partial charge in [0.15, 0.2) is 0 Å². The fourth-order valence-corrected chi connectivity index (χ4v) is 4.35. The Labute approximate surface area is 211 Å². The third kappa shape index (κ3) is 4.71. The van der Waals surface area contributed by atoms with E-state index < -0.39 is 5.97 Å².